The Labute approximate surface area is 318 Å². The number of fused-ring (bicyclic) bond motifs is 1. The molecule has 54 heavy (non-hydrogen) atoms. The average Bonchev–Trinajstić information content (AvgIpc) is 3.15. The minimum atomic E-state index is -1.04. The molecule has 0 fully saturated rings. The molecule has 0 radical (unpaired) electrons. The molecule has 0 saturated carbocycles. The van der Waals surface area contributed by atoms with E-state index in [-0.39, 0.29) is 18.6 Å². The highest BCUT2D eigenvalue weighted by molar-refractivity contribution is 7.99. The van der Waals surface area contributed by atoms with Gasteiger partial charge in [0.2, 0.25) is 0 Å². The maximum Gasteiger partial charge on any atom is 0.329 e. The minimum Gasteiger partial charge on any atom is -0.497 e. The van der Waals surface area contributed by atoms with Crippen LogP contribution in [0.5, 0.6) is 28.7 Å². The summed E-state index contributed by atoms with van der Waals surface area (Å²) in [6, 6.07) is 23.7. The largest absolute Gasteiger partial charge is 0.497 e. The Morgan fingerprint density at radius 3 is 2.30 bits per heavy atom. The summed E-state index contributed by atoms with van der Waals surface area (Å²) < 4.78 is 31.6. The van der Waals surface area contributed by atoms with Gasteiger partial charge in [-0.1, -0.05) is 57.0 Å². The van der Waals surface area contributed by atoms with Crippen LogP contribution in [0.3, 0.4) is 0 Å². The third-order valence-corrected chi connectivity index (χ3v) is 9.04. The third-order valence-electron chi connectivity index (χ3n) is 8.62. The van der Waals surface area contributed by atoms with Gasteiger partial charge in [-0.25, -0.2) is 14.6 Å². The number of ether oxygens (including phenoxy) is 5. The topological polar surface area (TPSA) is 162 Å². The van der Waals surface area contributed by atoms with E-state index < -0.39 is 18.6 Å². The molecule has 0 spiro atoms. The molecule has 5 N–H and O–H groups in total. The fraction of sp³-hybridized carbons (Fsp3) is 0.275. The van der Waals surface area contributed by atoms with Gasteiger partial charge in [-0.05, 0) is 47.7 Å². The van der Waals surface area contributed by atoms with Gasteiger partial charge in [-0.2, -0.15) is 0 Å². The van der Waals surface area contributed by atoms with Crippen molar-refractivity contribution in [1.29, 1.82) is 0 Å². The number of hydrogen-bond donors (Lipinski definition) is 5. The smallest absolute Gasteiger partial charge is 0.329 e. The number of pyridine rings is 1. The van der Waals surface area contributed by atoms with E-state index in [1.54, 1.807) is 56.8 Å². The predicted octanol–water partition coefficient (Wildman–Crippen LogP) is 9.29. The van der Waals surface area contributed by atoms with Gasteiger partial charge < -0.3 is 49.5 Å². The quantitative estimate of drug-likeness (QED) is 0.0426. The molecule has 13 nitrogen and oxygen atoms in total. The average molecular weight is 756 g/mol. The molecule has 14 heteroatoms. The molecular weight excluding hydrogens is 711 g/mol. The van der Waals surface area contributed by atoms with Crippen molar-refractivity contribution < 1.29 is 38.4 Å². The summed E-state index contributed by atoms with van der Waals surface area (Å²) in [5, 5.41) is 19.6. The lowest BCUT2D eigenvalue weighted by atomic mass is 9.82. The number of benzene rings is 4. The fourth-order valence-electron chi connectivity index (χ4n) is 5.51. The van der Waals surface area contributed by atoms with E-state index in [9.17, 15) is 9.59 Å². The van der Waals surface area contributed by atoms with Gasteiger partial charge >= 0.3 is 12.0 Å². The maximum absolute atomic E-state index is 13.5. The second-order valence-corrected chi connectivity index (χ2v) is 13.3. The number of amides is 2. The second kappa shape index (κ2) is 18.3. The first kappa shape index (κ1) is 39.3. The summed E-state index contributed by atoms with van der Waals surface area (Å²) in [6.07, 6.45) is 4.47. The molecule has 2 amide bonds. The molecule has 0 atom stereocenters. The minimum absolute atomic E-state index is 0.116. The predicted molar refractivity (Wildman–Crippen MR) is 215 cm³/mol. The summed E-state index contributed by atoms with van der Waals surface area (Å²) in [4.78, 5) is 28.6. The number of aromatic nitrogens is 1. The molecule has 5 rings (SSSR count). The van der Waals surface area contributed by atoms with Crippen LogP contribution in [0.25, 0.3) is 10.8 Å². The molecule has 0 bridgehead atoms. The van der Waals surface area contributed by atoms with Crippen LogP contribution in [0.2, 0.25) is 0 Å². The zero-order valence-electron chi connectivity index (χ0n) is 31.1. The highest BCUT2D eigenvalue weighted by atomic mass is 32.2. The standard InChI is InChI=1S/C40H45N5O8S/c1-7-40(2,3)25-18-33(38(50-5)34(19-25)45-54-6)44-39(48)43-32-12-13-35(31-11-9-8-10-30(31)32)53-27-14-15-41-36(23-27)42-26-20-28(49-4)22-29(21-26)52-17-16-51-24-37(46)47/h8-15,18-23,45H,7,16-17,24H2,1-6H3,(H,41,42)(H,46,47)(H2,43,44,48). The molecule has 0 aliphatic heterocycles. The van der Waals surface area contributed by atoms with E-state index in [2.05, 4.69) is 52.5 Å². The number of nitrogens with zero attached hydrogens (tertiary/aromatic N) is 1. The molecule has 1 heterocycles. The van der Waals surface area contributed by atoms with Crippen LogP contribution in [0.4, 0.5) is 33.4 Å². The molecule has 0 aliphatic carbocycles. The van der Waals surface area contributed by atoms with E-state index in [4.69, 9.17) is 28.8 Å². The summed E-state index contributed by atoms with van der Waals surface area (Å²) >= 11 is 1.45. The number of nitrogens with one attached hydrogen (secondary N) is 4. The van der Waals surface area contributed by atoms with Gasteiger partial charge in [0, 0.05) is 53.2 Å². The number of carbonyl (C=O) groups excluding carboxylic acids is 1. The van der Waals surface area contributed by atoms with Crippen LogP contribution in [-0.4, -0.2) is 62.4 Å². The van der Waals surface area contributed by atoms with E-state index in [1.165, 1.54) is 11.9 Å². The van der Waals surface area contributed by atoms with E-state index in [0.29, 0.717) is 51.6 Å². The fourth-order valence-corrected chi connectivity index (χ4v) is 5.88. The monoisotopic (exact) mass is 755 g/mol. The first-order valence-corrected chi connectivity index (χ1v) is 18.4. The van der Waals surface area contributed by atoms with Crippen LogP contribution in [0.1, 0.15) is 32.8 Å². The van der Waals surface area contributed by atoms with Gasteiger partial charge in [0.1, 0.15) is 42.0 Å². The number of rotatable bonds is 18. The van der Waals surface area contributed by atoms with Crippen molar-refractivity contribution in [2.75, 3.05) is 61.0 Å². The Bertz CT molecular complexity index is 2090. The van der Waals surface area contributed by atoms with Crippen LogP contribution < -0.4 is 39.6 Å². The van der Waals surface area contributed by atoms with Gasteiger partial charge in [-0.3, -0.25) is 0 Å². The number of carbonyl (C=O) groups is 2. The van der Waals surface area contributed by atoms with Gasteiger partial charge in [-0.15, -0.1) is 0 Å². The Kier molecular flexibility index (Phi) is 13.3. The summed E-state index contributed by atoms with van der Waals surface area (Å²) in [6.45, 7) is 6.35. The Balaban J connectivity index is 1.32. The van der Waals surface area contributed by atoms with Crippen LogP contribution in [-0.2, 0) is 14.9 Å². The van der Waals surface area contributed by atoms with Crippen molar-refractivity contribution in [1.82, 2.24) is 4.98 Å². The molecule has 0 unspecified atom stereocenters. The molecule has 0 saturated heterocycles. The molecule has 1 aromatic heterocycles. The zero-order valence-corrected chi connectivity index (χ0v) is 31.9. The van der Waals surface area contributed by atoms with Gasteiger partial charge in [0.15, 0.2) is 5.75 Å². The SMILES string of the molecule is CCC(C)(C)c1cc(NSC)c(OC)c(NC(=O)Nc2ccc(Oc3ccnc(Nc4cc(OC)cc(OCCOCC(=O)O)c4)c3)c3ccccc23)c1. The van der Waals surface area contributed by atoms with E-state index in [1.807, 2.05) is 42.7 Å². The molecule has 5 aromatic rings. The number of hydrogen-bond acceptors (Lipinski definition) is 11. The number of carboxylic acid groups (broad SMARTS) is 1. The van der Waals surface area contributed by atoms with Crippen molar-refractivity contribution in [2.45, 2.75) is 32.6 Å². The summed E-state index contributed by atoms with van der Waals surface area (Å²) in [7, 11) is 3.13. The Morgan fingerprint density at radius 1 is 0.833 bits per heavy atom. The molecule has 4 aromatic carbocycles. The highest BCUT2D eigenvalue weighted by Crippen LogP contribution is 2.41. The Morgan fingerprint density at radius 2 is 1.57 bits per heavy atom. The number of methoxy groups -OCH3 is 2. The lowest BCUT2D eigenvalue weighted by Gasteiger charge is -2.26. The molecule has 284 valence electrons. The molecule has 0 aliphatic rings. The summed E-state index contributed by atoms with van der Waals surface area (Å²) in [5.41, 5.74) is 3.52. The Hall–Kier alpha value is -5.86. The van der Waals surface area contributed by atoms with Crippen molar-refractivity contribution in [3.8, 4) is 28.7 Å². The van der Waals surface area contributed by atoms with Crippen LogP contribution in [0, 0.1) is 0 Å². The normalized spacial score (nSPS) is 11.1. The zero-order chi connectivity index (χ0) is 38.7. The molecular formula is C40H45N5O8S. The van der Waals surface area contributed by atoms with Crippen molar-refractivity contribution in [3.63, 3.8) is 0 Å². The third kappa shape index (κ3) is 10.2. The van der Waals surface area contributed by atoms with Crippen molar-refractivity contribution in [2.24, 2.45) is 0 Å². The van der Waals surface area contributed by atoms with Crippen molar-refractivity contribution in [3.05, 3.63) is 90.6 Å². The number of carboxylic acids is 1. The maximum atomic E-state index is 13.5. The van der Waals surface area contributed by atoms with Crippen LogP contribution in [0.15, 0.2) is 85.1 Å². The lowest BCUT2D eigenvalue weighted by Crippen LogP contribution is -2.22. The van der Waals surface area contributed by atoms with Gasteiger partial charge in [0.25, 0.3) is 0 Å². The van der Waals surface area contributed by atoms with Gasteiger partial charge in [0.05, 0.1) is 37.9 Å². The van der Waals surface area contributed by atoms with E-state index in [0.717, 1.165) is 28.4 Å². The second-order valence-electron chi connectivity index (χ2n) is 12.7. The van der Waals surface area contributed by atoms with Crippen molar-refractivity contribution >= 4 is 63.3 Å². The first-order chi connectivity index (χ1) is 26.0. The van der Waals surface area contributed by atoms with E-state index >= 15 is 0 Å². The summed E-state index contributed by atoms with van der Waals surface area (Å²) in [5.74, 6) is 2.17. The highest BCUT2D eigenvalue weighted by Gasteiger charge is 2.23. The number of urea groups is 1. The number of anilines is 5. The lowest BCUT2D eigenvalue weighted by molar-refractivity contribution is -0.142. The van der Waals surface area contributed by atoms with Crippen LogP contribution >= 0.6 is 11.9 Å². The number of aliphatic carboxylic acids is 1. The first-order valence-electron chi connectivity index (χ1n) is 17.2.